The van der Waals surface area contributed by atoms with Crippen LogP contribution in [0.4, 0.5) is 10.5 Å². The lowest BCUT2D eigenvalue weighted by atomic mass is 10.2. The van der Waals surface area contributed by atoms with Crippen LogP contribution < -0.4 is 16.4 Å². The maximum Gasteiger partial charge on any atom is 0.404 e. The first-order valence-corrected chi connectivity index (χ1v) is 5.07. The molecule has 0 saturated heterocycles. The predicted molar refractivity (Wildman–Crippen MR) is 63.4 cm³/mol. The lowest BCUT2D eigenvalue weighted by Gasteiger charge is -2.06. The molecule has 6 nitrogen and oxygen atoms in total. The monoisotopic (exact) mass is 237 g/mol. The van der Waals surface area contributed by atoms with Crippen LogP contribution >= 0.6 is 0 Å². The number of primary amides is 1. The number of anilines is 1. The molecule has 0 heterocycles. The molecular weight excluding hydrogens is 222 g/mol. The molecule has 92 valence electrons. The lowest BCUT2D eigenvalue weighted by Crippen LogP contribution is -2.24. The minimum Gasteiger partial charge on any atom is -0.445 e. The normalized spacial score (nSPS) is 9.71. The van der Waals surface area contributed by atoms with E-state index < -0.39 is 6.09 Å². The Labute approximate surface area is 99.1 Å². The Bertz CT molecular complexity index is 389. The molecule has 0 spiro atoms. The highest BCUT2D eigenvalue weighted by Crippen LogP contribution is 2.10. The van der Waals surface area contributed by atoms with Gasteiger partial charge in [0.05, 0.1) is 6.54 Å². The summed E-state index contributed by atoms with van der Waals surface area (Å²) in [7, 11) is 1.70. The van der Waals surface area contributed by atoms with E-state index in [-0.39, 0.29) is 19.1 Å². The van der Waals surface area contributed by atoms with Gasteiger partial charge in [-0.25, -0.2) is 4.79 Å². The molecule has 6 heteroatoms. The molecule has 4 N–H and O–H groups in total. The Morgan fingerprint density at radius 1 is 1.29 bits per heavy atom. The summed E-state index contributed by atoms with van der Waals surface area (Å²) in [5.41, 5.74) is 6.33. The zero-order chi connectivity index (χ0) is 12.7. The minimum atomic E-state index is -0.809. The number of amides is 2. The molecule has 0 fully saturated rings. The van der Waals surface area contributed by atoms with E-state index in [9.17, 15) is 9.59 Å². The Kier molecular flexibility index (Phi) is 4.96. The van der Waals surface area contributed by atoms with Crippen molar-refractivity contribution in [2.75, 3.05) is 18.9 Å². The van der Waals surface area contributed by atoms with E-state index in [1.807, 2.05) is 0 Å². The van der Waals surface area contributed by atoms with E-state index in [1.165, 1.54) is 0 Å². The van der Waals surface area contributed by atoms with Crippen LogP contribution in [0, 0.1) is 0 Å². The fourth-order valence-corrected chi connectivity index (χ4v) is 1.20. The molecular formula is C11H15N3O3. The van der Waals surface area contributed by atoms with Gasteiger partial charge in [-0.1, -0.05) is 12.1 Å². The number of carbonyl (C=O) groups is 2. The van der Waals surface area contributed by atoms with Crippen molar-refractivity contribution in [3.8, 4) is 0 Å². The molecule has 0 aliphatic carbocycles. The summed E-state index contributed by atoms with van der Waals surface area (Å²) in [5.74, 6) is -0.117. The van der Waals surface area contributed by atoms with E-state index in [0.717, 1.165) is 5.56 Å². The maximum absolute atomic E-state index is 11.3. The van der Waals surface area contributed by atoms with Gasteiger partial charge in [0.2, 0.25) is 5.91 Å². The van der Waals surface area contributed by atoms with Crippen molar-refractivity contribution >= 4 is 17.7 Å². The summed E-state index contributed by atoms with van der Waals surface area (Å²) in [6.45, 7) is 0.382. The first-order valence-electron chi connectivity index (χ1n) is 5.07. The van der Waals surface area contributed by atoms with Gasteiger partial charge >= 0.3 is 6.09 Å². The molecule has 0 aromatic heterocycles. The van der Waals surface area contributed by atoms with E-state index in [0.29, 0.717) is 5.69 Å². The minimum absolute atomic E-state index is 0.117. The van der Waals surface area contributed by atoms with Crippen LogP contribution in [0.15, 0.2) is 24.3 Å². The van der Waals surface area contributed by atoms with E-state index in [1.54, 1.807) is 31.3 Å². The van der Waals surface area contributed by atoms with Crippen LogP contribution in [0.3, 0.4) is 0 Å². The third-order valence-electron chi connectivity index (χ3n) is 1.96. The van der Waals surface area contributed by atoms with Gasteiger partial charge in [-0.05, 0) is 24.7 Å². The van der Waals surface area contributed by atoms with Gasteiger partial charge in [0.1, 0.15) is 6.61 Å². The second kappa shape index (κ2) is 6.49. The molecule has 0 bridgehead atoms. The van der Waals surface area contributed by atoms with Crippen LogP contribution in [0.2, 0.25) is 0 Å². The SMILES string of the molecule is CNCC(=O)Nc1ccc(COC(N)=O)cc1. The second-order valence-electron chi connectivity index (χ2n) is 3.38. The largest absolute Gasteiger partial charge is 0.445 e. The predicted octanol–water partition coefficient (Wildman–Crippen LogP) is 0.440. The van der Waals surface area contributed by atoms with Crippen molar-refractivity contribution in [3.63, 3.8) is 0 Å². The fourth-order valence-electron chi connectivity index (χ4n) is 1.20. The number of hydrogen-bond acceptors (Lipinski definition) is 4. The van der Waals surface area contributed by atoms with Crippen molar-refractivity contribution in [2.45, 2.75) is 6.61 Å². The zero-order valence-corrected chi connectivity index (χ0v) is 9.53. The van der Waals surface area contributed by atoms with Crippen molar-refractivity contribution in [3.05, 3.63) is 29.8 Å². The van der Waals surface area contributed by atoms with E-state index in [2.05, 4.69) is 15.4 Å². The summed E-state index contributed by atoms with van der Waals surface area (Å²) in [4.78, 5) is 21.6. The Morgan fingerprint density at radius 3 is 2.47 bits per heavy atom. The summed E-state index contributed by atoms with van der Waals surface area (Å²) < 4.78 is 4.63. The standard InChI is InChI=1S/C11H15N3O3/c1-13-6-10(15)14-9-4-2-8(3-5-9)7-17-11(12)16/h2-5,13H,6-7H2,1H3,(H2,12,16)(H,14,15). The summed E-state index contributed by atoms with van der Waals surface area (Å²) in [6.07, 6.45) is -0.809. The van der Waals surface area contributed by atoms with Crippen LogP contribution in [0.5, 0.6) is 0 Å². The van der Waals surface area contributed by atoms with E-state index in [4.69, 9.17) is 5.73 Å². The van der Waals surface area contributed by atoms with Crippen LogP contribution in [0.1, 0.15) is 5.56 Å². The van der Waals surface area contributed by atoms with Gasteiger partial charge in [0, 0.05) is 5.69 Å². The smallest absolute Gasteiger partial charge is 0.404 e. The third-order valence-corrected chi connectivity index (χ3v) is 1.96. The number of hydrogen-bond donors (Lipinski definition) is 3. The Morgan fingerprint density at radius 2 is 1.94 bits per heavy atom. The molecule has 0 saturated carbocycles. The molecule has 0 aliphatic rings. The molecule has 2 amide bonds. The summed E-state index contributed by atoms with van der Waals surface area (Å²) >= 11 is 0. The number of rotatable bonds is 5. The van der Waals surface area contributed by atoms with Gasteiger partial charge < -0.3 is 21.1 Å². The molecule has 0 aliphatic heterocycles. The zero-order valence-electron chi connectivity index (χ0n) is 9.53. The first-order chi connectivity index (χ1) is 8.11. The number of ether oxygens (including phenoxy) is 1. The van der Waals surface area contributed by atoms with Crippen LogP contribution in [0.25, 0.3) is 0 Å². The summed E-state index contributed by atoms with van der Waals surface area (Å²) in [6, 6.07) is 6.95. The number of carbonyl (C=O) groups excluding carboxylic acids is 2. The molecule has 1 aromatic carbocycles. The van der Waals surface area contributed by atoms with Crippen LogP contribution in [-0.2, 0) is 16.1 Å². The molecule has 17 heavy (non-hydrogen) atoms. The topological polar surface area (TPSA) is 93.4 Å². The third kappa shape index (κ3) is 4.98. The van der Waals surface area contributed by atoms with Crippen LogP contribution in [-0.4, -0.2) is 25.6 Å². The Balaban J connectivity index is 2.49. The highest BCUT2D eigenvalue weighted by atomic mass is 16.5. The number of nitrogens with two attached hydrogens (primary N) is 1. The quantitative estimate of drug-likeness (QED) is 0.692. The molecule has 1 aromatic rings. The van der Waals surface area contributed by atoms with Gasteiger partial charge in [-0.2, -0.15) is 0 Å². The molecule has 0 atom stereocenters. The number of nitrogens with one attached hydrogen (secondary N) is 2. The van der Waals surface area contributed by atoms with Gasteiger partial charge in [-0.3, -0.25) is 4.79 Å². The van der Waals surface area contributed by atoms with Crippen molar-refractivity contribution < 1.29 is 14.3 Å². The molecule has 1 rings (SSSR count). The molecule has 0 radical (unpaired) electrons. The van der Waals surface area contributed by atoms with E-state index >= 15 is 0 Å². The van der Waals surface area contributed by atoms with Gasteiger partial charge in [-0.15, -0.1) is 0 Å². The Hall–Kier alpha value is -2.08. The highest BCUT2D eigenvalue weighted by molar-refractivity contribution is 5.92. The number of benzene rings is 1. The van der Waals surface area contributed by atoms with Gasteiger partial charge in [0.25, 0.3) is 0 Å². The van der Waals surface area contributed by atoms with Gasteiger partial charge in [0.15, 0.2) is 0 Å². The lowest BCUT2D eigenvalue weighted by molar-refractivity contribution is -0.115. The number of likely N-dealkylation sites (N-methyl/N-ethyl adjacent to an activating group) is 1. The summed E-state index contributed by atoms with van der Waals surface area (Å²) in [5, 5.41) is 5.45. The average molecular weight is 237 g/mol. The maximum atomic E-state index is 11.3. The second-order valence-corrected chi connectivity index (χ2v) is 3.38. The fraction of sp³-hybridized carbons (Fsp3) is 0.273. The average Bonchev–Trinajstić information content (AvgIpc) is 2.28. The van der Waals surface area contributed by atoms with Crippen molar-refractivity contribution in [1.82, 2.24) is 5.32 Å². The molecule has 0 unspecified atom stereocenters. The first kappa shape index (κ1) is 13.0. The van der Waals surface area contributed by atoms with Crippen molar-refractivity contribution in [2.24, 2.45) is 5.73 Å². The van der Waals surface area contributed by atoms with Crippen molar-refractivity contribution in [1.29, 1.82) is 0 Å². The highest BCUT2D eigenvalue weighted by Gasteiger charge is 2.01.